The first-order valence-corrected chi connectivity index (χ1v) is 6.69. The number of sulfonamides is 1. The van der Waals surface area contributed by atoms with Gasteiger partial charge in [-0.15, -0.1) is 0 Å². The van der Waals surface area contributed by atoms with Crippen LogP contribution < -0.4 is 4.72 Å². The standard InChI is InChI=1S/C10H11BrFNO2S/c1-7-3-4-9(12)5-10(7)16(14,15)13-6-8(2)11/h3-5,13H,2,6H2,1H3. The average Bonchev–Trinajstić information content (AvgIpc) is 2.19. The summed E-state index contributed by atoms with van der Waals surface area (Å²) in [6.45, 7) is 5.18. The van der Waals surface area contributed by atoms with Gasteiger partial charge in [-0.2, -0.15) is 0 Å². The van der Waals surface area contributed by atoms with Gasteiger partial charge in [0.25, 0.3) is 0 Å². The molecule has 0 aromatic heterocycles. The summed E-state index contributed by atoms with van der Waals surface area (Å²) in [5.41, 5.74) is 0.495. The molecule has 0 unspecified atom stereocenters. The van der Waals surface area contributed by atoms with Crippen LogP contribution in [-0.4, -0.2) is 15.0 Å². The van der Waals surface area contributed by atoms with Crippen LogP contribution in [0.3, 0.4) is 0 Å². The number of rotatable bonds is 4. The van der Waals surface area contributed by atoms with E-state index in [0.29, 0.717) is 10.0 Å². The number of hydrogen-bond acceptors (Lipinski definition) is 2. The summed E-state index contributed by atoms with van der Waals surface area (Å²) in [5, 5.41) is 0. The van der Waals surface area contributed by atoms with Crippen LogP contribution in [0, 0.1) is 12.7 Å². The van der Waals surface area contributed by atoms with Gasteiger partial charge < -0.3 is 0 Å². The molecule has 0 aliphatic heterocycles. The van der Waals surface area contributed by atoms with Crippen molar-refractivity contribution < 1.29 is 12.8 Å². The van der Waals surface area contributed by atoms with E-state index in [4.69, 9.17) is 0 Å². The quantitative estimate of drug-likeness (QED) is 0.928. The lowest BCUT2D eigenvalue weighted by atomic mass is 10.2. The van der Waals surface area contributed by atoms with Crippen LogP contribution in [0.1, 0.15) is 5.56 Å². The Balaban J connectivity index is 3.07. The molecule has 0 saturated carbocycles. The molecule has 1 N–H and O–H groups in total. The largest absolute Gasteiger partial charge is 0.241 e. The molecule has 0 atom stereocenters. The van der Waals surface area contributed by atoms with Gasteiger partial charge >= 0.3 is 0 Å². The summed E-state index contributed by atoms with van der Waals surface area (Å²) in [4.78, 5) is -0.0544. The van der Waals surface area contributed by atoms with Crippen molar-refractivity contribution in [3.05, 3.63) is 40.6 Å². The molecular weight excluding hydrogens is 297 g/mol. The maximum absolute atomic E-state index is 13.0. The molecule has 6 heteroatoms. The highest BCUT2D eigenvalue weighted by atomic mass is 79.9. The minimum absolute atomic E-state index is 0.0544. The van der Waals surface area contributed by atoms with Crippen LogP contribution in [0.2, 0.25) is 0 Å². The van der Waals surface area contributed by atoms with Gasteiger partial charge in [-0.1, -0.05) is 28.6 Å². The third kappa shape index (κ3) is 3.40. The van der Waals surface area contributed by atoms with Crippen molar-refractivity contribution >= 4 is 26.0 Å². The van der Waals surface area contributed by atoms with E-state index in [-0.39, 0.29) is 11.4 Å². The summed E-state index contributed by atoms with van der Waals surface area (Å²) < 4.78 is 39.3. The molecule has 0 bridgehead atoms. The van der Waals surface area contributed by atoms with Crippen molar-refractivity contribution in [2.45, 2.75) is 11.8 Å². The van der Waals surface area contributed by atoms with E-state index in [9.17, 15) is 12.8 Å². The molecule has 0 aliphatic rings. The summed E-state index contributed by atoms with van der Waals surface area (Å²) in [6.07, 6.45) is 0. The van der Waals surface area contributed by atoms with E-state index in [1.807, 2.05) is 0 Å². The Morgan fingerprint density at radius 2 is 2.19 bits per heavy atom. The number of nitrogens with one attached hydrogen (secondary N) is 1. The monoisotopic (exact) mass is 307 g/mol. The third-order valence-corrected chi connectivity index (χ3v) is 3.72. The van der Waals surface area contributed by atoms with Crippen LogP contribution in [0.4, 0.5) is 4.39 Å². The van der Waals surface area contributed by atoms with Crippen molar-refractivity contribution in [1.29, 1.82) is 0 Å². The van der Waals surface area contributed by atoms with E-state index in [0.717, 1.165) is 6.07 Å². The fourth-order valence-electron chi connectivity index (χ4n) is 1.11. The van der Waals surface area contributed by atoms with Gasteiger partial charge in [0.1, 0.15) is 5.82 Å². The molecule has 0 aliphatic carbocycles. The van der Waals surface area contributed by atoms with Crippen molar-refractivity contribution in [3.8, 4) is 0 Å². The summed E-state index contributed by atoms with van der Waals surface area (Å²) in [6, 6.07) is 3.64. The average molecular weight is 308 g/mol. The van der Waals surface area contributed by atoms with Crippen LogP contribution >= 0.6 is 15.9 Å². The number of aryl methyl sites for hydroxylation is 1. The minimum Gasteiger partial charge on any atom is -0.207 e. The lowest BCUT2D eigenvalue weighted by molar-refractivity contribution is 0.580. The predicted molar refractivity (Wildman–Crippen MR) is 64.4 cm³/mol. The van der Waals surface area contributed by atoms with E-state index in [1.165, 1.54) is 12.1 Å². The second-order valence-electron chi connectivity index (χ2n) is 3.25. The van der Waals surface area contributed by atoms with Crippen LogP contribution in [-0.2, 0) is 10.0 Å². The van der Waals surface area contributed by atoms with E-state index < -0.39 is 15.8 Å². The van der Waals surface area contributed by atoms with E-state index in [2.05, 4.69) is 27.2 Å². The van der Waals surface area contributed by atoms with Gasteiger partial charge in [0.05, 0.1) is 4.90 Å². The molecule has 0 fully saturated rings. The summed E-state index contributed by atoms with van der Waals surface area (Å²) in [7, 11) is -3.69. The number of benzene rings is 1. The van der Waals surface area contributed by atoms with Crippen molar-refractivity contribution in [3.63, 3.8) is 0 Å². The topological polar surface area (TPSA) is 46.2 Å². The first kappa shape index (κ1) is 13.3. The molecule has 0 radical (unpaired) electrons. The fraction of sp³-hybridized carbons (Fsp3) is 0.200. The summed E-state index contributed by atoms with van der Waals surface area (Å²) in [5.74, 6) is -0.580. The molecule has 0 heterocycles. The van der Waals surface area contributed by atoms with Gasteiger partial charge in [0.15, 0.2) is 0 Å². The second kappa shape index (κ2) is 5.07. The van der Waals surface area contributed by atoms with Crippen LogP contribution in [0.25, 0.3) is 0 Å². The van der Waals surface area contributed by atoms with Crippen molar-refractivity contribution in [2.75, 3.05) is 6.54 Å². The van der Waals surface area contributed by atoms with E-state index in [1.54, 1.807) is 6.92 Å². The van der Waals surface area contributed by atoms with E-state index >= 15 is 0 Å². The lowest BCUT2D eigenvalue weighted by Crippen LogP contribution is -2.25. The second-order valence-corrected chi connectivity index (χ2v) is 6.11. The molecule has 1 aromatic carbocycles. The molecule has 0 amide bonds. The minimum atomic E-state index is -3.69. The SMILES string of the molecule is C=C(Br)CNS(=O)(=O)c1cc(F)ccc1C. The zero-order valence-electron chi connectivity index (χ0n) is 8.63. The highest BCUT2D eigenvalue weighted by Crippen LogP contribution is 2.16. The van der Waals surface area contributed by atoms with Gasteiger partial charge in [-0.25, -0.2) is 17.5 Å². The molecular formula is C10H11BrFNO2S. The van der Waals surface area contributed by atoms with Crippen LogP contribution in [0.15, 0.2) is 34.2 Å². The third-order valence-electron chi connectivity index (χ3n) is 1.89. The molecule has 1 rings (SSSR count). The first-order chi connectivity index (χ1) is 7.33. The molecule has 1 aromatic rings. The zero-order chi connectivity index (χ0) is 12.3. The Bertz CT molecular complexity index is 514. The van der Waals surface area contributed by atoms with Gasteiger partial charge in [0.2, 0.25) is 10.0 Å². The molecule has 88 valence electrons. The Hall–Kier alpha value is -0.720. The maximum Gasteiger partial charge on any atom is 0.241 e. The number of hydrogen-bond donors (Lipinski definition) is 1. The number of halogens is 2. The molecule has 0 saturated heterocycles. The van der Waals surface area contributed by atoms with Gasteiger partial charge in [-0.3, -0.25) is 0 Å². The van der Waals surface area contributed by atoms with Crippen LogP contribution in [0.5, 0.6) is 0 Å². The predicted octanol–water partition coefficient (Wildman–Crippen LogP) is 2.32. The zero-order valence-corrected chi connectivity index (χ0v) is 11.0. The maximum atomic E-state index is 13.0. The normalized spacial score (nSPS) is 11.4. The Labute approximate surface area is 103 Å². The summed E-state index contributed by atoms with van der Waals surface area (Å²) >= 11 is 3.04. The lowest BCUT2D eigenvalue weighted by Gasteiger charge is -2.08. The highest BCUT2D eigenvalue weighted by molar-refractivity contribution is 9.11. The van der Waals surface area contributed by atoms with Crippen molar-refractivity contribution in [1.82, 2.24) is 4.72 Å². The Morgan fingerprint density at radius 1 is 1.56 bits per heavy atom. The smallest absolute Gasteiger partial charge is 0.207 e. The Kier molecular flexibility index (Phi) is 4.23. The van der Waals surface area contributed by atoms with Crippen molar-refractivity contribution in [2.24, 2.45) is 0 Å². The molecule has 16 heavy (non-hydrogen) atoms. The fourth-order valence-corrected chi connectivity index (χ4v) is 2.72. The highest BCUT2D eigenvalue weighted by Gasteiger charge is 2.16. The molecule has 0 spiro atoms. The first-order valence-electron chi connectivity index (χ1n) is 4.42. The van der Waals surface area contributed by atoms with Gasteiger partial charge in [0, 0.05) is 11.0 Å². The van der Waals surface area contributed by atoms with Gasteiger partial charge in [-0.05, 0) is 24.6 Å². The Morgan fingerprint density at radius 3 is 2.75 bits per heavy atom. The molecule has 3 nitrogen and oxygen atoms in total.